The van der Waals surface area contributed by atoms with Crippen molar-refractivity contribution in [3.05, 3.63) is 47.9 Å². The van der Waals surface area contributed by atoms with E-state index < -0.39 is 0 Å². The monoisotopic (exact) mass is 255 g/mol. The van der Waals surface area contributed by atoms with Gasteiger partial charge in [-0.25, -0.2) is 4.68 Å². The zero-order chi connectivity index (χ0) is 13.4. The van der Waals surface area contributed by atoms with Gasteiger partial charge in [-0.1, -0.05) is 25.1 Å². The second kappa shape index (κ2) is 4.46. The fourth-order valence-electron chi connectivity index (χ4n) is 2.58. The van der Waals surface area contributed by atoms with Crippen LogP contribution in [0.25, 0.3) is 11.0 Å². The summed E-state index contributed by atoms with van der Waals surface area (Å²) in [5.41, 5.74) is 8.08. The van der Waals surface area contributed by atoms with Crippen LogP contribution in [-0.4, -0.2) is 9.78 Å². The van der Waals surface area contributed by atoms with Crippen molar-refractivity contribution in [3.8, 4) is 0 Å². The zero-order valence-electron chi connectivity index (χ0n) is 11.1. The molecule has 1 aromatic carbocycles. The first kappa shape index (κ1) is 11.8. The number of hydrogen-bond acceptors (Lipinski definition) is 3. The molecule has 0 spiro atoms. The Balaban J connectivity index is 2.17. The van der Waals surface area contributed by atoms with Crippen molar-refractivity contribution in [3.63, 3.8) is 0 Å². The van der Waals surface area contributed by atoms with Gasteiger partial charge in [0.1, 0.15) is 23.2 Å². The van der Waals surface area contributed by atoms with Gasteiger partial charge in [0, 0.05) is 10.9 Å². The Morgan fingerprint density at radius 3 is 2.79 bits per heavy atom. The van der Waals surface area contributed by atoms with E-state index in [9.17, 15) is 0 Å². The highest BCUT2D eigenvalue weighted by molar-refractivity contribution is 5.82. The van der Waals surface area contributed by atoms with E-state index in [0.29, 0.717) is 5.82 Å². The van der Waals surface area contributed by atoms with Crippen molar-refractivity contribution < 1.29 is 4.42 Å². The third-order valence-electron chi connectivity index (χ3n) is 3.53. The van der Waals surface area contributed by atoms with Gasteiger partial charge in [-0.05, 0) is 25.5 Å². The number of anilines is 1. The zero-order valence-corrected chi connectivity index (χ0v) is 11.1. The lowest BCUT2D eigenvalue weighted by Crippen LogP contribution is -2.12. The second-order valence-corrected chi connectivity index (χ2v) is 4.67. The van der Waals surface area contributed by atoms with Crippen LogP contribution in [0.1, 0.15) is 31.2 Å². The van der Waals surface area contributed by atoms with E-state index in [1.165, 1.54) is 10.9 Å². The molecule has 0 bridgehead atoms. The van der Waals surface area contributed by atoms with Gasteiger partial charge in [0.15, 0.2) is 0 Å². The van der Waals surface area contributed by atoms with Crippen LogP contribution in [0.3, 0.4) is 0 Å². The van der Waals surface area contributed by atoms with E-state index in [2.05, 4.69) is 25.0 Å². The second-order valence-electron chi connectivity index (χ2n) is 4.67. The van der Waals surface area contributed by atoms with Crippen LogP contribution in [0.2, 0.25) is 0 Å². The van der Waals surface area contributed by atoms with Crippen molar-refractivity contribution in [2.24, 2.45) is 0 Å². The molecular formula is C15H17N3O. The topological polar surface area (TPSA) is 57.0 Å². The average Bonchev–Trinajstić information content (AvgIpc) is 3.01. The maximum Gasteiger partial charge on any atom is 0.134 e. The van der Waals surface area contributed by atoms with Crippen LogP contribution in [-0.2, 0) is 6.42 Å². The molecule has 1 atom stereocenters. The number of aromatic nitrogens is 2. The Hall–Kier alpha value is -2.23. The molecule has 2 N–H and O–H groups in total. The van der Waals surface area contributed by atoms with E-state index in [1.54, 1.807) is 16.9 Å². The van der Waals surface area contributed by atoms with E-state index in [4.69, 9.17) is 10.2 Å². The number of nitrogen functional groups attached to an aromatic ring is 1. The minimum absolute atomic E-state index is 0.00245. The van der Waals surface area contributed by atoms with Gasteiger partial charge in [-0.2, -0.15) is 5.10 Å². The molecule has 3 rings (SSSR count). The molecule has 0 aliphatic carbocycles. The molecule has 4 nitrogen and oxygen atoms in total. The van der Waals surface area contributed by atoms with Crippen molar-refractivity contribution in [2.45, 2.75) is 26.3 Å². The van der Waals surface area contributed by atoms with E-state index in [0.717, 1.165) is 17.8 Å². The molecule has 0 fully saturated rings. The van der Waals surface area contributed by atoms with Crippen molar-refractivity contribution in [1.29, 1.82) is 0 Å². The average molecular weight is 255 g/mol. The van der Waals surface area contributed by atoms with Crippen molar-refractivity contribution in [2.75, 3.05) is 5.73 Å². The third kappa shape index (κ3) is 1.80. The quantitative estimate of drug-likeness (QED) is 0.780. The minimum atomic E-state index is -0.00245. The summed E-state index contributed by atoms with van der Waals surface area (Å²) in [4.78, 5) is 0. The Labute approximate surface area is 111 Å². The highest BCUT2D eigenvalue weighted by atomic mass is 16.3. The summed E-state index contributed by atoms with van der Waals surface area (Å²) in [5.74, 6) is 1.59. The van der Waals surface area contributed by atoms with Gasteiger partial charge in [0.25, 0.3) is 0 Å². The smallest absolute Gasteiger partial charge is 0.134 e. The lowest BCUT2D eigenvalue weighted by Gasteiger charge is -2.13. The van der Waals surface area contributed by atoms with Gasteiger partial charge in [0.2, 0.25) is 0 Å². The Kier molecular flexibility index (Phi) is 2.78. The van der Waals surface area contributed by atoms with Crippen LogP contribution in [0.5, 0.6) is 0 Å². The molecule has 2 heterocycles. The molecule has 1 unspecified atom stereocenters. The van der Waals surface area contributed by atoms with Gasteiger partial charge < -0.3 is 10.2 Å². The molecular weight excluding hydrogens is 238 g/mol. The summed E-state index contributed by atoms with van der Waals surface area (Å²) in [6, 6.07) is 9.91. The number of hydrogen-bond donors (Lipinski definition) is 1. The van der Waals surface area contributed by atoms with Crippen LogP contribution < -0.4 is 5.73 Å². The Morgan fingerprint density at radius 2 is 2.11 bits per heavy atom. The maximum atomic E-state index is 6.01. The molecule has 0 aliphatic heterocycles. The fraction of sp³-hybridized carbons (Fsp3) is 0.267. The standard InChI is InChI=1S/C15H17N3O/c1-3-11-12-6-4-5-7-13(12)19-15(11)10(2)18-14(16)8-9-17-18/h4-10H,3,16H2,1-2H3. The van der Waals surface area contributed by atoms with Crippen molar-refractivity contribution in [1.82, 2.24) is 9.78 Å². The number of rotatable bonds is 3. The molecule has 3 aromatic rings. The van der Waals surface area contributed by atoms with Crippen molar-refractivity contribution >= 4 is 16.8 Å². The first-order chi connectivity index (χ1) is 9.22. The summed E-state index contributed by atoms with van der Waals surface area (Å²) in [6.45, 7) is 4.19. The summed E-state index contributed by atoms with van der Waals surface area (Å²) < 4.78 is 7.80. The largest absolute Gasteiger partial charge is 0.458 e. The van der Waals surface area contributed by atoms with Crippen LogP contribution in [0.15, 0.2) is 40.9 Å². The molecule has 0 radical (unpaired) electrons. The van der Waals surface area contributed by atoms with Crippen LogP contribution >= 0.6 is 0 Å². The number of furan rings is 1. The Bertz CT molecular complexity index is 711. The molecule has 0 saturated carbocycles. The number of aryl methyl sites for hydroxylation is 1. The molecule has 98 valence electrons. The highest BCUT2D eigenvalue weighted by Crippen LogP contribution is 2.32. The van der Waals surface area contributed by atoms with Gasteiger partial charge in [-0.15, -0.1) is 0 Å². The predicted octanol–water partition coefficient (Wildman–Crippen LogP) is 3.38. The first-order valence-electron chi connectivity index (χ1n) is 6.51. The molecule has 0 amide bonds. The molecule has 4 heteroatoms. The summed E-state index contributed by atoms with van der Waals surface area (Å²) in [5, 5.41) is 5.45. The molecule has 2 aromatic heterocycles. The molecule has 0 aliphatic rings. The third-order valence-corrected chi connectivity index (χ3v) is 3.53. The number of nitrogens with two attached hydrogens (primary N) is 1. The van der Waals surface area contributed by atoms with Crippen LogP contribution in [0, 0.1) is 0 Å². The highest BCUT2D eigenvalue weighted by Gasteiger charge is 2.20. The maximum absolute atomic E-state index is 6.01. The lowest BCUT2D eigenvalue weighted by molar-refractivity contribution is 0.444. The lowest BCUT2D eigenvalue weighted by atomic mass is 10.1. The minimum Gasteiger partial charge on any atom is -0.458 e. The van der Waals surface area contributed by atoms with Gasteiger partial charge in [-0.3, -0.25) is 0 Å². The number of nitrogens with zero attached hydrogens (tertiary/aromatic N) is 2. The fourth-order valence-corrected chi connectivity index (χ4v) is 2.58. The summed E-state index contributed by atoms with van der Waals surface area (Å²) in [7, 11) is 0. The first-order valence-corrected chi connectivity index (χ1v) is 6.51. The predicted molar refractivity (Wildman–Crippen MR) is 76.0 cm³/mol. The van der Waals surface area contributed by atoms with E-state index >= 15 is 0 Å². The van der Waals surface area contributed by atoms with Crippen LogP contribution in [0.4, 0.5) is 5.82 Å². The SMILES string of the molecule is CCc1c(C(C)n2nccc2N)oc2ccccc12. The molecule has 19 heavy (non-hydrogen) atoms. The number of benzene rings is 1. The summed E-state index contributed by atoms with van der Waals surface area (Å²) >= 11 is 0. The normalized spacial score (nSPS) is 12.9. The van der Waals surface area contributed by atoms with E-state index in [-0.39, 0.29) is 6.04 Å². The molecule has 0 saturated heterocycles. The van der Waals surface area contributed by atoms with Gasteiger partial charge >= 0.3 is 0 Å². The number of fused-ring (bicyclic) bond motifs is 1. The van der Waals surface area contributed by atoms with Gasteiger partial charge in [0.05, 0.1) is 6.20 Å². The van der Waals surface area contributed by atoms with E-state index in [1.807, 2.05) is 18.2 Å². The number of para-hydroxylation sites is 1. The summed E-state index contributed by atoms with van der Waals surface area (Å²) in [6.07, 6.45) is 2.64. The Morgan fingerprint density at radius 1 is 1.32 bits per heavy atom.